The van der Waals surface area contributed by atoms with Gasteiger partial charge in [-0.3, -0.25) is 0 Å². The first kappa shape index (κ1) is 15.0. The molecule has 4 aromatic carbocycles. The van der Waals surface area contributed by atoms with E-state index in [1.165, 1.54) is 33.4 Å². The molecule has 2 aliphatic carbocycles. The molecule has 2 unspecified atom stereocenters. The van der Waals surface area contributed by atoms with Gasteiger partial charge in [0.1, 0.15) is 5.75 Å². The van der Waals surface area contributed by atoms with E-state index in [1.807, 2.05) is 18.2 Å². The first-order valence-electron chi connectivity index (χ1n) is 9.74. The zero-order valence-electron chi connectivity index (χ0n) is 15.0. The molecule has 1 nitrogen and oxygen atoms in total. The van der Waals surface area contributed by atoms with E-state index in [2.05, 4.69) is 60.7 Å². The summed E-state index contributed by atoms with van der Waals surface area (Å²) in [6.07, 6.45) is 2.28. The van der Waals surface area contributed by atoms with E-state index in [4.69, 9.17) is 0 Å². The Hall–Kier alpha value is -3.06. The van der Waals surface area contributed by atoms with Gasteiger partial charge in [-0.15, -0.1) is 0 Å². The van der Waals surface area contributed by atoms with Crippen molar-refractivity contribution in [2.45, 2.75) is 24.7 Å². The molecule has 2 aliphatic rings. The maximum atomic E-state index is 10.8. The van der Waals surface area contributed by atoms with E-state index in [0.29, 0.717) is 17.6 Å². The van der Waals surface area contributed by atoms with Crippen LogP contribution in [-0.4, -0.2) is 5.11 Å². The lowest BCUT2D eigenvalue weighted by atomic mass is 9.63. The van der Waals surface area contributed by atoms with Crippen molar-refractivity contribution < 1.29 is 5.11 Å². The Balaban J connectivity index is 1.77. The minimum absolute atomic E-state index is 0.315. The van der Waals surface area contributed by atoms with Crippen molar-refractivity contribution in [3.63, 3.8) is 0 Å². The summed E-state index contributed by atoms with van der Waals surface area (Å²) in [6.45, 7) is 0. The molecule has 2 atom stereocenters. The molecule has 0 radical (unpaired) electrons. The van der Waals surface area contributed by atoms with E-state index < -0.39 is 0 Å². The molecule has 130 valence electrons. The summed E-state index contributed by atoms with van der Waals surface area (Å²) in [5, 5.41) is 12.9. The van der Waals surface area contributed by atoms with Gasteiger partial charge in [-0.2, -0.15) is 0 Å². The Morgan fingerprint density at radius 2 is 1.41 bits per heavy atom. The van der Waals surface area contributed by atoms with Crippen LogP contribution in [0.1, 0.15) is 40.5 Å². The molecule has 1 N–H and O–H groups in total. The van der Waals surface area contributed by atoms with Crippen LogP contribution < -0.4 is 0 Å². The first-order valence-corrected chi connectivity index (χ1v) is 9.74. The third-order valence-corrected chi connectivity index (χ3v) is 6.54. The molecule has 0 saturated carbocycles. The molecule has 0 amide bonds. The highest BCUT2D eigenvalue weighted by molar-refractivity contribution is 6.03. The predicted octanol–water partition coefficient (Wildman–Crippen LogP) is 6.39. The Morgan fingerprint density at radius 1 is 0.704 bits per heavy atom. The monoisotopic (exact) mass is 348 g/mol. The minimum atomic E-state index is 0.315. The van der Waals surface area contributed by atoms with Gasteiger partial charge in [-0.1, -0.05) is 72.8 Å². The maximum absolute atomic E-state index is 10.8. The zero-order valence-corrected chi connectivity index (χ0v) is 15.0. The van der Waals surface area contributed by atoms with Gasteiger partial charge in [0.15, 0.2) is 0 Å². The van der Waals surface area contributed by atoms with Crippen LogP contribution in [0.25, 0.3) is 21.9 Å². The summed E-state index contributed by atoms with van der Waals surface area (Å²) in [5.41, 5.74) is 8.26. The van der Waals surface area contributed by atoms with Crippen LogP contribution in [0.5, 0.6) is 5.75 Å². The molecular formula is C26H20O. The Labute approximate surface area is 158 Å². The van der Waals surface area contributed by atoms with Crippen molar-refractivity contribution in [2.24, 2.45) is 0 Å². The second-order valence-electron chi connectivity index (χ2n) is 7.81. The van der Waals surface area contributed by atoms with Gasteiger partial charge in [0.2, 0.25) is 0 Å². The Kier molecular flexibility index (Phi) is 3.05. The van der Waals surface area contributed by atoms with Gasteiger partial charge < -0.3 is 5.11 Å². The number of fused-ring (bicyclic) bond motifs is 10. The normalized spacial score (nSPS) is 19.7. The van der Waals surface area contributed by atoms with Gasteiger partial charge >= 0.3 is 0 Å². The van der Waals surface area contributed by atoms with E-state index in [1.54, 1.807) is 0 Å². The molecule has 1 heteroatoms. The van der Waals surface area contributed by atoms with Gasteiger partial charge in [0.25, 0.3) is 0 Å². The molecule has 0 fully saturated rings. The quantitative estimate of drug-likeness (QED) is 0.390. The lowest BCUT2D eigenvalue weighted by molar-refractivity contribution is 0.476. The summed E-state index contributed by atoms with van der Waals surface area (Å²) in [4.78, 5) is 0. The number of hydrogen-bond acceptors (Lipinski definition) is 1. The predicted molar refractivity (Wildman–Crippen MR) is 110 cm³/mol. The number of rotatable bonds is 0. The fourth-order valence-corrected chi connectivity index (χ4v) is 5.45. The molecular weight excluding hydrogens is 328 g/mol. The van der Waals surface area contributed by atoms with Crippen molar-refractivity contribution in [3.05, 3.63) is 101 Å². The maximum Gasteiger partial charge on any atom is 0.123 e. The van der Waals surface area contributed by atoms with Crippen LogP contribution in [0.2, 0.25) is 0 Å². The summed E-state index contributed by atoms with van der Waals surface area (Å²) < 4.78 is 0. The van der Waals surface area contributed by atoms with E-state index >= 15 is 0 Å². The summed E-state index contributed by atoms with van der Waals surface area (Å²) in [6, 6.07) is 28.0. The van der Waals surface area contributed by atoms with E-state index in [9.17, 15) is 5.11 Å². The molecule has 0 saturated heterocycles. The molecule has 27 heavy (non-hydrogen) atoms. The minimum Gasteiger partial charge on any atom is -0.507 e. The fraction of sp³-hybridized carbons (Fsp3) is 0.154. The van der Waals surface area contributed by atoms with E-state index in [-0.39, 0.29) is 0 Å². The number of benzene rings is 4. The summed E-state index contributed by atoms with van der Waals surface area (Å²) in [7, 11) is 0. The SMILES string of the molecule is Oc1cc2c(c3ccccc13)-c1ccccc1C1CCc3ccccc3C21. The standard InChI is InChI=1S/C26H20O/c27-24-15-23-25-17-8-2-1-7-16(17)13-14-22(25)18-9-3-5-11-20(18)26(23)21-12-6-4-10-19(21)24/h1-12,15,22,25,27H,13-14H2. The molecule has 0 heterocycles. The molecule has 0 bridgehead atoms. The third kappa shape index (κ3) is 2.00. The molecule has 4 aromatic rings. The first-order chi connectivity index (χ1) is 13.3. The third-order valence-electron chi connectivity index (χ3n) is 6.54. The smallest absolute Gasteiger partial charge is 0.123 e. The van der Waals surface area contributed by atoms with Crippen LogP contribution >= 0.6 is 0 Å². The van der Waals surface area contributed by atoms with Crippen molar-refractivity contribution >= 4 is 10.8 Å². The molecule has 0 aliphatic heterocycles. The van der Waals surface area contributed by atoms with Crippen molar-refractivity contribution in [1.29, 1.82) is 0 Å². The number of phenols is 1. The number of hydrogen-bond donors (Lipinski definition) is 1. The Morgan fingerprint density at radius 3 is 2.30 bits per heavy atom. The molecule has 0 aromatic heterocycles. The molecule has 0 spiro atoms. The number of aromatic hydroxyl groups is 1. The summed E-state index contributed by atoms with van der Waals surface area (Å²) >= 11 is 0. The van der Waals surface area contributed by atoms with Crippen molar-refractivity contribution in [3.8, 4) is 16.9 Å². The highest BCUT2D eigenvalue weighted by Crippen LogP contribution is 2.56. The number of aryl methyl sites for hydroxylation is 1. The van der Waals surface area contributed by atoms with Crippen LogP contribution in [0.4, 0.5) is 0 Å². The lowest BCUT2D eigenvalue weighted by Crippen LogP contribution is -2.24. The topological polar surface area (TPSA) is 20.2 Å². The van der Waals surface area contributed by atoms with Gasteiger partial charge in [-0.25, -0.2) is 0 Å². The average Bonchev–Trinajstić information content (AvgIpc) is 2.73. The summed E-state index contributed by atoms with van der Waals surface area (Å²) in [5.74, 6) is 1.19. The van der Waals surface area contributed by atoms with E-state index in [0.717, 1.165) is 23.6 Å². The van der Waals surface area contributed by atoms with Crippen LogP contribution in [0.15, 0.2) is 78.9 Å². The Bertz CT molecular complexity index is 1200. The number of phenolic OH excluding ortho intramolecular Hbond substituents is 1. The fourth-order valence-electron chi connectivity index (χ4n) is 5.45. The lowest BCUT2D eigenvalue weighted by Gasteiger charge is -2.40. The highest BCUT2D eigenvalue weighted by atomic mass is 16.3. The van der Waals surface area contributed by atoms with Crippen LogP contribution in [-0.2, 0) is 6.42 Å². The van der Waals surface area contributed by atoms with Crippen molar-refractivity contribution in [1.82, 2.24) is 0 Å². The van der Waals surface area contributed by atoms with Gasteiger partial charge in [-0.05, 0) is 63.6 Å². The van der Waals surface area contributed by atoms with Gasteiger partial charge in [0.05, 0.1) is 0 Å². The van der Waals surface area contributed by atoms with Crippen LogP contribution in [0, 0.1) is 0 Å². The molecule has 6 rings (SSSR count). The second kappa shape index (κ2) is 5.47. The highest BCUT2D eigenvalue weighted by Gasteiger charge is 2.38. The van der Waals surface area contributed by atoms with Crippen molar-refractivity contribution in [2.75, 3.05) is 0 Å². The van der Waals surface area contributed by atoms with Gasteiger partial charge in [0, 0.05) is 11.3 Å². The largest absolute Gasteiger partial charge is 0.507 e. The average molecular weight is 348 g/mol. The zero-order chi connectivity index (χ0) is 18.0. The van der Waals surface area contributed by atoms with Crippen LogP contribution in [0.3, 0.4) is 0 Å². The second-order valence-corrected chi connectivity index (χ2v) is 7.81.